The average molecular weight is 267 g/mol. The van der Waals surface area contributed by atoms with Crippen molar-refractivity contribution in [1.82, 2.24) is 0 Å². The van der Waals surface area contributed by atoms with Crippen LogP contribution in [0.1, 0.15) is 11.1 Å². The van der Waals surface area contributed by atoms with Crippen LogP contribution in [-0.4, -0.2) is 0 Å². The molecule has 78 valence electrons. The lowest BCUT2D eigenvalue weighted by Gasteiger charge is -2.07. The number of furan rings is 1. The summed E-state index contributed by atoms with van der Waals surface area (Å²) < 4.78 is 11.6. The molecule has 0 spiro atoms. The van der Waals surface area contributed by atoms with Gasteiger partial charge in [-0.1, -0.05) is 6.07 Å². The first-order valence-corrected chi connectivity index (χ1v) is 5.45. The summed E-state index contributed by atoms with van der Waals surface area (Å²) in [6.45, 7) is 2.57. The van der Waals surface area contributed by atoms with Gasteiger partial charge in [-0.15, -0.1) is 0 Å². The van der Waals surface area contributed by atoms with Crippen LogP contribution in [0.25, 0.3) is 0 Å². The van der Waals surface area contributed by atoms with Crippen molar-refractivity contribution in [1.29, 1.82) is 0 Å². The maximum Gasteiger partial charge on any atom is 0.134 e. The van der Waals surface area contributed by atoms with Crippen molar-refractivity contribution >= 4 is 15.9 Å². The number of rotatable bonds is 3. The van der Waals surface area contributed by atoms with Crippen LogP contribution in [0.3, 0.4) is 0 Å². The first kappa shape index (κ1) is 10.3. The number of hydrogen-bond donors (Lipinski definition) is 0. The molecule has 0 fully saturated rings. The van der Waals surface area contributed by atoms with Crippen LogP contribution >= 0.6 is 15.9 Å². The van der Waals surface area contributed by atoms with Crippen LogP contribution in [0.2, 0.25) is 0 Å². The van der Waals surface area contributed by atoms with Crippen molar-refractivity contribution in [2.45, 2.75) is 13.5 Å². The highest BCUT2D eigenvalue weighted by Crippen LogP contribution is 2.26. The fraction of sp³-hybridized carbons (Fsp3) is 0.167. The van der Waals surface area contributed by atoms with Crippen LogP contribution in [0, 0.1) is 6.92 Å². The van der Waals surface area contributed by atoms with E-state index in [0.717, 1.165) is 15.8 Å². The van der Waals surface area contributed by atoms with E-state index >= 15 is 0 Å². The maximum atomic E-state index is 5.63. The van der Waals surface area contributed by atoms with Crippen molar-refractivity contribution in [3.05, 3.63) is 52.4 Å². The molecule has 0 aliphatic rings. The Bertz CT molecular complexity index is 435. The predicted octanol–water partition coefficient (Wildman–Crippen LogP) is 3.93. The summed E-state index contributed by atoms with van der Waals surface area (Å²) >= 11 is 3.46. The predicted molar refractivity (Wildman–Crippen MR) is 61.9 cm³/mol. The molecule has 3 heteroatoms. The van der Waals surface area contributed by atoms with E-state index in [4.69, 9.17) is 9.15 Å². The molecule has 2 aromatic rings. The molecule has 0 atom stereocenters. The first-order chi connectivity index (χ1) is 7.25. The van der Waals surface area contributed by atoms with E-state index in [0.29, 0.717) is 6.61 Å². The molecule has 2 nitrogen and oxygen atoms in total. The second kappa shape index (κ2) is 4.53. The van der Waals surface area contributed by atoms with Crippen LogP contribution in [0.4, 0.5) is 0 Å². The molecule has 1 aromatic carbocycles. The van der Waals surface area contributed by atoms with Gasteiger partial charge in [0.2, 0.25) is 0 Å². The van der Waals surface area contributed by atoms with E-state index in [2.05, 4.69) is 15.9 Å². The normalized spacial score (nSPS) is 10.3. The van der Waals surface area contributed by atoms with E-state index < -0.39 is 0 Å². The zero-order valence-electron chi connectivity index (χ0n) is 8.37. The summed E-state index contributed by atoms with van der Waals surface area (Å²) in [5.74, 6) is 0.849. The molecule has 0 amide bonds. The maximum absolute atomic E-state index is 5.63. The second-order valence-corrected chi connectivity index (χ2v) is 4.21. The Morgan fingerprint density at radius 3 is 2.87 bits per heavy atom. The third-order valence-electron chi connectivity index (χ3n) is 2.06. The number of aryl methyl sites for hydroxylation is 1. The van der Waals surface area contributed by atoms with Gasteiger partial charge < -0.3 is 9.15 Å². The van der Waals surface area contributed by atoms with E-state index in [1.54, 1.807) is 12.5 Å². The number of ether oxygens (including phenoxy) is 1. The highest BCUT2D eigenvalue weighted by atomic mass is 79.9. The van der Waals surface area contributed by atoms with Gasteiger partial charge in [0.25, 0.3) is 0 Å². The second-order valence-electron chi connectivity index (χ2n) is 3.35. The molecule has 0 unspecified atom stereocenters. The summed E-state index contributed by atoms with van der Waals surface area (Å²) in [6, 6.07) is 7.90. The van der Waals surface area contributed by atoms with Gasteiger partial charge in [0.05, 0.1) is 17.0 Å². The monoisotopic (exact) mass is 266 g/mol. The Labute approximate surface area is 97.0 Å². The van der Waals surface area contributed by atoms with Gasteiger partial charge in [-0.25, -0.2) is 0 Å². The van der Waals surface area contributed by atoms with E-state index in [1.165, 1.54) is 5.56 Å². The van der Waals surface area contributed by atoms with Gasteiger partial charge in [-0.2, -0.15) is 0 Å². The highest BCUT2D eigenvalue weighted by Gasteiger charge is 2.01. The molecule has 1 heterocycles. The van der Waals surface area contributed by atoms with E-state index in [9.17, 15) is 0 Å². The van der Waals surface area contributed by atoms with Gasteiger partial charge in [0.1, 0.15) is 12.4 Å². The molecule has 0 saturated carbocycles. The van der Waals surface area contributed by atoms with Crippen LogP contribution in [-0.2, 0) is 6.61 Å². The summed E-state index contributed by atoms with van der Waals surface area (Å²) in [6.07, 6.45) is 3.32. The molecular weight excluding hydrogens is 256 g/mol. The van der Waals surface area contributed by atoms with Crippen LogP contribution < -0.4 is 4.74 Å². The molecule has 0 radical (unpaired) electrons. The minimum absolute atomic E-state index is 0.526. The summed E-state index contributed by atoms with van der Waals surface area (Å²) in [4.78, 5) is 0. The molecule has 1 aromatic heterocycles. The largest absolute Gasteiger partial charge is 0.488 e. The number of benzene rings is 1. The molecule has 0 N–H and O–H groups in total. The number of hydrogen-bond acceptors (Lipinski definition) is 2. The average Bonchev–Trinajstić information content (AvgIpc) is 2.69. The Morgan fingerprint density at radius 2 is 2.20 bits per heavy atom. The van der Waals surface area contributed by atoms with Gasteiger partial charge in [-0.05, 0) is 46.6 Å². The lowest BCUT2D eigenvalue weighted by Crippen LogP contribution is -1.94. The Hall–Kier alpha value is -1.22. The highest BCUT2D eigenvalue weighted by molar-refractivity contribution is 9.10. The van der Waals surface area contributed by atoms with E-state index in [1.807, 2.05) is 31.2 Å². The summed E-state index contributed by atoms with van der Waals surface area (Å²) in [5.41, 5.74) is 2.24. The minimum Gasteiger partial charge on any atom is -0.488 e. The van der Waals surface area contributed by atoms with Crippen LogP contribution in [0.15, 0.2) is 45.7 Å². The Morgan fingerprint density at radius 1 is 1.33 bits per heavy atom. The molecule has 0 bridgehead atoms. The standard InChI is InChI=1S/C12H11BrO2/c1-9-2-3-12(11(13)6-9)15-8-10-4-5-14-7-10/h2-7H,8H2,1H3. The molecule has 0 saturated heterocycles. The van der Waals surface area contributed by atoms with Crippen molar-refractivity contribution in [2.24, 2.45) is 0 Å². The SMILES string of the molecule is Cc1ccc(OCc2ccoc2)c(Br)c1. The lowest BCUT2D eigenvalue weighted by molar-refractivity contribution is 0.303. The summed E-state index contributed by atoms with van der Waals surface area (Å²) in [7, 11) is 0. The molecule has 15 heavy (non-hydrogen) atoms. The molecular formula is C12H11BrO2. The van der Waals surface area contributed by atoms with Gasteiger partial charge in [0.15, 0.2) is 0 Å². The Balaban J connectivity index is 2.05. The van der Waals surface area contributed by atoms with Crippen molar-refractivity contribution in [3.63, 3.8) is 0 Å². The van der Waals surface area contributed by atoms with Gasteiger partial charge >= 0.3 is 0 Å². The quantitative estimate of drug-likeness (QED) is 0.840. The smallest absolute Gasteiger partial charge is 0.134 e. The fourth-order valence-corrected chi connectivity index (χ4v) is 1.87. The zero-order chi connectivity index (χ0) is 10.7. The third-order valence-corrected chi connectivity index (χ3v) is 2.68. The molecule has 0 aliphatic carbocycles. The molecule has 2 rings (SSSR count). The third kappa shape index (κ3) is 2.63. The fourth-order valence-electron chi connectivity index (χ4n) is 1.26. The number of halogens is 1. The van der Waals surface area contributed by atoms with Crippen molar-refractivity contribution < 1.29 is 9.15 Å². The van der Waals surface area contributed by atoms with Crippen molar-refractivity contribution in [2.75, 3.05) is 0 Å². The Kier molecular flexibility index (Phi) is 3.11. The van der Waals surface area contributed by atoms with Gasteiger partial charge in [0, 0.05) is 5.56 Å². The minimum atomic E-state index is 0.526. The van der Waals surface area contributed by atoms with Gasteiger partial charge in [-0.3, -0.25) is 0 Å². The lowest BCUT2D eigenvalue weighted by atomic mass is 10.2. The summed E-state index contributed by atoms with van der Waals surface area (Å²) in [5, 5.41) is 0. The first-order valence-electron chi connectivity index (χ1n) is 4.66. The van der Waals surface area contributed by atoms with E-state index in [-0.39, 0.29) is 0 Å². The molecule has 0 aliphatic heterocycles. The van der Waals surface area contributed by atoms with Crippen molar-refractivity contribution in [3.8, 4) is 5.75 Å². The topological polar surface area (TPSA) is 22.4 Å². The van der Waals surface area contributed by atoms with Crippen LogP contribution in [0.5, 0.6) is 5.75 Å². The zero-order valence-corrected chi connectivity index (χ0v) is 9.95.